The molecule has 1 aromatic heterocycles. The lowest BCUT2D eigenvalue weighted by molar-refractivity contribution is 1.04. The first-order valence-corrected chi connectivity index (χ1v) is 3.57. The maximum absolute atomic E-state index is 11.2. The molecule has 12 heavy (non-hydrogen) atoms. The molecule has 62 valence electrons. The summed E-state index contributed by atoms with van der Waals surface area (Å²) in [7, 11) is 0. The Balaban J connectivity index is 2.65. The van der Waals surface area contributed by atoms with Crippen LogP contribution in [-0.2, 0) is 6.42 Å². The first-order valence-electron chi connectivity index (χ1n) is 3.57. The SMILES string of the molecule is Nc1nc2c(c(=O)[nH]1)CC=CN2. The maximum Gasteiger partial charge on any atom is 0.257 e. The molecule has 0 aromatic carbocycles. The Labute approximate surface area is 68.3 Å². The summed E-state index contributed by atoms with van der Waals surface area (Å²) in [5.74, 6) is 0.695. The largest absolute Gasteiger partial charge is 0.369 e. The normalized spacial score (nSPS) is 13.7. The first kappa shape index (κ1) is 6.90. The van der Waals surface area contributed by atoms with Crippen LogP contribution in [0.25, 0.3) is 0 Å². The van der Waals surface area contributed by atoms with E-state index >= 15 is 0 Å². The summed E-state index contributed by atoms with van der Waals surface area (Å²) in [5, 5.41) is 2.85. The van der Waals surface area contributed by atoms with Gasteiger partial charge in [0, 0.05) is 6.42 Å². The molecular weight excluding hydrogens is 156 g/mol. The summed E-state index contributed by atoms with van der Waals surface area (Å²) in [4.78, 5) is 17.6. The van der Waals surface area contributed by atoms with Crippen LogP contribution in [0.4, 0.5) is 11.8 Å². The lowest BCUT2D eigenvalue weighted by atomic mass is 10.2. The van der Waals surface area contributed by atoms with Crippen molar-refractivity contribution in [2.45, 2.75) is 6.42 Å². The van der Waals surface area contributed by atoms with Gasteiger partial charge in [-0.15, -0.1) is 0 Å². The van der Waals surface area contributed by atoms with E-state index in [1.54, 1.807) is 6.20 Å². The quantitative estimate of drug-likeness (QED) is 0.497. The molecule has 1 aliphatic heterocycles. The van der Waals surface area contributed by atoms with E-state index < -0.39 is 0 Å². The van der Waals surface area contributed by atoms with Gasteiger partial charge in [-0.3, -0.25) is 9.78 Å². The summed E-state index contributed by atoms with van der Waals surface area (Å²) in [6, 6.07) is 0. The van der Waals surface area contributed by atoms with E-state index in [2.05, 4.69) is 15.3 Å². The molecule has 1 aromatic rings. The number of rotatable bonds is 0. The standard InChI is InChI=1S/C7H8N4O/c8-7-10-5-4(6(12)11-7)2-1-3-9-5/h1,3H,2H2,(H4,8,9,10,11,12). The van der Waals surface area contributed by atoms with E-state index in [1.165, 1.54) is 0 Å². The second-order valence-electron chi connectivity index (χ2n) is 2.53. The summed E-state index contributed by atoms with van der Waals surface area (Å²) in [5.41, 5.74) is 5.81. The van der Waals surface area contributed by atoms with Gasteiger partial charge in [0.05, 0.1) is 5.56 Å². The van der Waals surface area contributed by atoms with Gasteiger partial charge in [-0.05, 0) is 6.20 Å². The third-order valence-corrected chi connectivity index (χ3v) is 1.69. The van der Waals surface area contributed by atoms with Crippen LogP contribution in [0.3, 0.4) is 0 Å². The molecule has 0 bridgehead atoms. The van der Waals surface area contributed by atoms with Crippen molar-refractivity contribution in [2.24, 2.45) is 0 Å². The molecule has 5 nitrogen and oxygen atoms in total. The van der Waals surface area contributed by atoms with Gasteiger partial charge in [0.15, 0.2) is 0 Å². The number of nitrogens with one attached hydrogen (secondary N) is 2. The Kier molecular flexibility index (Phi) is 1.36. The molecule has 0 radical (unpaired) electrons. The number of allylic oxidation sites excluding steroid dienone is 1. The second kappa shape index (κ2) is 2.37. The molecule has 0 saturated heterocycles. The van der Waals surface area contributed by atoms with Gasteiger partial charge in [0.1, 0.15) is 5.82 Å². The highest BCUT2D eigenvalue weighted by Gasteiger charge is 2.10. The van der Waals surface area contributed by atoms with Gasteiger partial charge in [0.25, 0.3) is 5.56 Å². The number of fused-ring (bicyclic) bond motifs is 1. The molecule has 5 heteroatoms. The highest BCUT2D eigenvalue weighted by molar-refractivity contribution is 5.51. The molecule has 0 atom stereocenters. The summed E-state index contributed by atoms with van der Waals surface area (Å²) in [6.07, 6.45) is 4.20. The van der Waals surface area contributed by atoms with Crippen LogP contribution in [0.1, 0.15) is 5.56 Å². The summed E-state index contributed by atoms with van der Waals surface area (Å²) >= 11 is 0. The fourth-order valence-electron chi connectivity index (χ4n) is 1.14. The van der Waals surface area contributed by atoms with Crippen molar-refractivity contribution in [3.63, 3.8) is 0 Å². The van der Waals surface area contributed by atoms with E-state index in [1.807, 2.05) is 6.08 Å². The molecule has 4 N–H and O–H groups in total. The minimum atomic E-state index is -0.172. The topological polar surface area (TPSA) is 83.8 Å². The lowest BCUT2D eigenvalue weighted by Crippen LogP contribution is -2.20. The third-order valence-electron chi connectivity index (χ3n) is 1.69. The van der Waals surface area contributed by atoms with Crippen molar-refractivity contribution in [3.05, 3.63) is 28.2 Å². The summed E-state index contributed by atoms with van der Waals surface area (Å²) < 4.78 is 0. The van der Waals surface area contributed by atoms with Crippen molar-refractivity contribution in [1.29, 1.82) is 0 Å². The number of hydrogen-bond acceptors (Lipinski definition) is 4. The van der Waals surface area contributed by atoms with Crippen LogP contribution in [0, 0.1) is 0 Å². The van der Waals surface area contributed by atoms with E-state index in [4.69, 9.17) is 5.73 Å². The van der Waals surface area contributed by atoms with Gasteiger partial charge in [-0.25, -0.2) is 0 Å². The molecule has 0 unspecified atom stereocenters. The van der Waals surface area contributed by atoms with Crippen LogP contribution < -0.4 is 16.6 Å². The average Bonchev–Trinajstić information content (AvgIpc) is 2.04. The smallest absolute Gasteiger partial charge is 0.257 e. The molecule has 0 aliphatic carbocycles. The van der Waals surface area contributed by atoms with E-state index in [9.17, 15) is 4.79 Å². The molecule has 0 spiro atoms. The van der Waals surface area contributed by atoms with Crippen LogP contribution >= 0.6 is 0 Å². The fourth-order valence-corrected chi connectivity index (χ4v) is 1.14. The predicted octanol–water partition coefficient (Wildman–Crippen LogP) is -0.166. The second-order valence-corrected chi connectivity index (χ2v) is 2.53. The zero-order valence-electron chi connectivity index (χ0n) is 6.29. The van der Waals surface area contributed by atoms with Crippen LogP contribution in [0.5, 0.6) is 0 Å². The van der Waals surface area contributed by atoms with Gasteiger partial charge < -0.3 is 11.1 Å². The molecule has 0 saturated carbocycles. The molecular formula is C7H8N4O. The zero-order chi connectivity index (χ0) is 8.55. The average molecular weight is 164 g/mol. The van der Waals surface area contributed by atoms with Crippen LogP contribution in [-0.4, -0.2) is 9.97 Å². The Morgan fingerprint density at radius 3 is 3.25 bits per heavy atom. The van der Waals surface area contributed by atoms with Crippen molar-refractivity contribution >= 4 is 11.8 Å². The molecule has 2 heterocycles. The Hall–Kier alpha value is -1.78. The van der Waals surface area contributed by atoms with Crippen LogP contribution in [0.2, 0.25) is 0 Å². The molecule has 0 fully saturated rings. The number of nitrogens with two attached hydrogens (primary N) is 1. The number of aromatic nitrogens is 2. The van der Waals surface area contributed by atoms with Gasteiger partial charge in [0.2, 0.25) is 5.95 Å². The minimum Gasteiger partial charge on any atom is -0.369 e. The molecule has 1 aliphatic rings. The monoisotopic (exact) mass is 164 g/mol. The number of aromatic amines is 1. The molecule has 2 rings (SSSR count). The highest BCUT2D eigenvalue weighted by Crippen LogP contribution is 2.13. The van der Waals surface area contributed by atoms with Gasteiger partial charge in [-0.2, -0.15) is 4.98 Å². The van der Waals surface area contributed by atoms with Crippen molar-refractivity contribution in [3.8, 4) is 0 Å². The first-order chi connectivity index (χ1) is 5.77. The van der Waals surface area contributed by atoms with Gasteiger partial charge >= 0.3 is 0 Å². The van der Waals surface area contributed by atoms with E-state index in [0.717, 1.165) is 0 Å². The van der Waals surface area contributed by atoms with Crippen molar-refractivity contribution in [2.75, 3.05) is 11.1 Å². The fraction of sp³-hybridized carbons (Fsp3) is 0.143. The Bertz CT molecular complexity index is 393. The maximum atomic E-state index is 11.2. The van der Waals surface area contributed by atoms with E-state index in [0.29, 0.717) is 17.8 Å². The predicted molar refractivity (Wildman–Crippen MR) is 45.7 cm³/mol. The number of H-pyrrole nitrogens is 1. The van der Waals surface area contributed by atoms with Crippen molar-refractivity contribution < 1.29 is 0 Å². The highest BCUT2D eigenvalue weighted by atomic mass is 16.1. The molecule has 0 amide bonds. The number of nitrogens with zero attached hydrogens (tertiary/aromatic N) is 1. The van der Waals surface area contributed by atoms with Gasteiger partial charge in [-0.1, -0.05) is 6.08 Å². The Morgan fingerprint density at radius 1 is 1.58 bits per heavy atom. The number of nitrogen functional groups attached to an aromatic ring is 1. The van der Waals surface area contributed by atoms with Crippen LogP contribution in [0.15, 0.2) is 17.1 Å². The van der Waals surface area contributed by atoms with Crippen molar-refractivity contribution in [1.82, 2.24) is 9.97 Å². The number of hydrogen-bond donors (Lipinski definition) is 3. The van der Waals surface area contributed by atoms with E-state index in [-0.39, 0.29) is 11.5 Å². The zero-order valence-corrected chi connectivity index (χ0v) is 6.29. The summed E-state index contributed by atoms with van der Waals surface area (Å²) in [6.45, 7) is 0. The minimum absolute atomic E-state index is 0.140. The number of anilines is 2. The lowest BCUT2D eigenvalue weighted by Gasteiger charge is -2.09. The Morgan fingerprint density at radius 2 is 2.42 bits per heavy atom. The third kappa shape index (κ3) is 0.952.